The van der Waals surface area contributed by atoms with Crippen LogP contribution in [0.5, 0.6) is 11.5 Å². The second kappa shape index (κ2) is 8.05. The first-order valence-corrected chi connectivity index (χ1v) is 10.3. The first-order valence-electron chi connectivity index (χ1n) is 8.52. The molecule has 0 bridgehead atoms. The van der Waals surface area contributed by atoms with Gasteiger partial charge in [-0.25, -0.2) is 8.42 Å². The van der Waals surface area contributed by atoms with E-state index < -0.39 is 9.84 Å². The molecule has 26 heavy (non-hydrogen) atoms. The number of nitrogens with zero attached hydrogens (tertiary/aromatic N) is 3. The highest BCUT2D eigenvalue weighted by Gasteiger charge is 2.32. The molecule has 1 fully saturated rings. The predicted molar refractivity (Wildman–Crippen MR) is 94.8 cm³/mol. The van der Waals surface area contributed by atoms with Crippen molar-refractivity contribution in [2.45, 2.75) is 32.5 Å². The molecule has 0 N–H and O–H groups in total. The fourth-order valence-electron chi connectivity index (χ4n) is 2.97. The summed E-state index contributed by atoms with van der Waals surface area (Å²) < 4.78 is 39.4. The zero-order valence-corrected chi connectivity index (χ0v) is 15.7. The standard InChI is InChI=1S/C17H23N3O5S/c1-3-20(13-8-9-26(21,22)12-13)10-17-18-16(19-25-17)11-24-15-6-4-14(23-2)5-7-15/h4-7,13H,3,8-12H2,1-2H3/t13-/m0/s1. The largest absolute Gasteiger partial charge is 0.497 e. The zero-order valence-electron chi connectivity index (χ0n) is 14.9. The van der Waals surface area contributed by atoms with Gasteiger partial charge in [-0.3, -0.25) is 4.90 Å². The van der Waals surface area contributed by atoms with E-state index in [-0.39, 0.29) is 24.2 Å². The lowest BCUT2D eigenvalue weighted by Crippen LogP contribution is -2.35. The van der Waals surface area contributed by atoms with Crippen molar-refractivity contribution in [3.63, 3.8) is 0 Å². The van der Waals surface area contributed by atoms with E-state index in [0.29, 0.717) is 30.4 Å². The van der Waals surface area contributed by atoms with Crippen molar-refractivity contribution in [3.8, 4) is 11.5 Å². The molecular formula is C17H23N3O5S. The molecule has 1 aromatic carbocycles. The molecule has 1 aliphatic heterocycles. The molecule has 9 heteroatoms. The van der Waals surface area contributed by atoms with Gasteiger partial charge in [-0.2, -0.15) is 4.98 Å². The van der Waals surface area contributed by atoms with Gasteiger partial charge in [0.15, 0.2) is 16.4 Å². The minimum atomic E-state index is -2.92. The van der Waals surface area contributed by atoms with Crippen LogP contribution < -0.4 is 9.47 Å². The molecule has 0 amide bonds. The summed E-state index contributed by atoms with van der Waals surface area (Å²) in [6.45, 7) is 3.35. The Labute approximate surface area is 153 Å². The van der Waals surface area contributed by atoms with E-state index in [4.69, 9.17) is 14.0 Å². The Balaban J connectivity index is 1.55. The third kappa shape index (κ3) is 4.73. The molecule has 1 aliphatic rings. The van der Waals surface area contributed by atoms with Crippen LogP contribution in [-0.2, 0) is 23.0 Å². The van der Waals surface area contributed by atoms with E-state index in [0.717, 1.165) is 12.3 Å². The van der Waals surface area contributed by atoms with Crippen molar-refractivity contribution in [1.29, 1.82) is 0 Å². The Kier molecular flexibility index (Phi) is 5.77. The van der Waals surface area contributed by atoms with Gasteiger partial charge in [0.25, 0.3) is 0 Å². The van der Waals surface area contributed by atoms with Crippen LogP contribution >= 0.6 is 0 Å². The SMILES string of the molecule is CCN(Cc1nc(COc2ccc(OC)cc2)no1)[C@H]1CCS(=O)(=O)C1. The summed E-state index contributed by atoms with van der Waals surface area (Å²) in [5.41, 5.74) is 0. The van der Waals surface area contributed by atoms with Crippen LogP contribution in [0.15, 0.2) is 28.8 Å². The van der Waals surface area contributed by atoms with E-state index in [1.165, 1.54) is 0 Å². The molecule has 2 aromatic rings. The highest BCUT2D eigenvalue weighted by molar-refractivity contribution is 7.91. The number of methoxy groups -OCH3 is 1. The average molecular weight is 381 g/mol. The number of sulfone groups is 1. The summed E-state index contributed by atoms with van der Waals surface area (Å²) in [6.07, 6.45) is 0.651. The number of benzene rings is 1. The van der Waals surface area contributed by atoms with E-state index in [2.05, 4.69) is 15.0 Å². The fourth-order valence-corrected chi connectivity index (χ4v) is 4.73. The van der Waals surface area contributed by atoms with Gasteiger partial charge < -0.3 is 14.0 Å². The van der Waals surface area contributed by atoms with E-state index in [1.54, 1.807) is 19.2 Å². The molecule has 142 valence electrons. The molecule has 0 saturated carbocycles. The molecule has 0 spiro atoms. The number of ether oxygens (including phenoxy) is 2. The second-order valence-corrected chi connectivity index (χ2v) is 8.42. The average Bonchev–Trinajstić information content (AvgIpc) is 3.24. The van der Waals surface area contributed by atoms with Gasteiger partial charge in [-0.1, -0.05) is 12.1 Å². The smallest absolute Gasteiger partial charge is 0.240 e. The predicted octanol–water partition coefficient (Wildman–Crippen LogP) is 1.67. The second-order valence-electron chi connectivity index (χ2n) is 6.19. The maximum absolute atomic E-state index is 11.7. The summed E-state index contributed by atoms with van der Waals surface area (Å²) in [5.74, 6) is 2.80. The summed E-state index contributed by atoms with van der Waals surface area (Å²) in [6, 6.07) is 7.24. The van der Waals surface area contributed by atoms with E-state index in [9.17, 15) is 8.42 Å². The molecule has 1 aromatic heterocycles. The first kappa shape index (κ1) is 18.7. The number of aromatic nitrogens is 2. The van der Waals surface area contributed by atoms with Crippen LogP contribution in [0.25, 0.3) is 0 Å². The van der Waals surface area contributed by atoms with Crippen molar-refractivity contribution in [2.24, 2.45) is 0 Å². The van der Waals surface area contributed by atoms with Crippen LogP contribution in [0.2, 0.25) is 0 Å². The van der Waals surface area contributed by atoms with Crippen LogP contribution in [-0.4, -0.2) is 54.7 Å². The molecule has 2 heterocycles. The van der Waals surface area contributed by atoms with Gasteiger partial charge in [0, 0.05) is 6.04 Å². The van der Waals surface area contributed by atoms with Gasteiger partial charge in [0.05, 0.1) is 25.2 Å². The Hall–Kier alpha value is -2.13. The van der Waals surface area contributed by atoms with Gasteiger partial charge in [-0.05, 0) is 37.2 Å². The summed E-state index contributed by atoms with van der Waals surface area (Å²) in [5, 5.41) is 3.93. The summed E-state index contributed by atoms with van der Waals surface area (Å²) >= 11 is 0. The lowest BCUT2D eigenvalue weighted by Gasteiger charge is -2.24. The van der Waals surface area contributed by atoms with Crippen molar-refractivity contribution in [1.82, 2.24) is 15.0 Å². The van der Waals surface area contributed by atoms with Crippen LogP contribution in [0.1, 0.15) is 25.1 Å². The quantitative estimate of drug-likeness (QED) is 0.681. The number of hydrogen-bond acceptors (Lipinski definition) is 8. The van der Waals surface area contributed by atoms with Crippen LogP contribution in [0.4, 0.5) is 0 Å². The Morgan fingerprint density at radius 2 is 2.00 bits per heavy atom. The van der Waals surface area contributed by atoms with Gasteiger partial charge >= 0.3 is 0 Å². The molecule has 8 nitrogen and oxygen atoms in total. The topological polar surface area (TPSA) is 94.8 Å². The molecule has 1 atom stereocenters. The number of rotatable bonds is 8. The Bertz CT molecular complexity index is 819. The monoisotopic (exact) mass is 381 g/mol. The molecule has 1 saturated heterocycles. The lowest BCUT2D eigenvalue weighted by molar-refractivity contribution is 0.186. The Morgan fingerprint density at radius 3 is 2.62 bits per heavy atom. The third-order valence-corrected chi connectivity index (χ3v) is 6.16. The summed E-state index contributed by atoms with van der Waals surface area (Å²) in [4.78, 5) is 6.40. The minimum Gasteiger partial charge on any atom is -0.497 e. The maximum atomic E-state index is 11.7. The highest BCUT2D eigenvalue weighted by atomic mass is 32.2. The van der Waals surface area contributed by atoms with Crippen LogP contribution in [0.3, 0.4) is 0 Å². The van der Waals surface area contributed by atoms with Gasteiger partial charge in [0.2, 0.25) is 11.7 Å². The normalized spacial score (nSPS) is 19.0. The van der Waals surface area contributed by atoms with Crippen LogP contribution in [0, 0.1) is 0 Å². The van der Waals surface area contributed by atoms with E-state index >= 15 is 0 Å². The fraction of sp³-hybridized carbons (Fsp3) is 0.529. The maximum Gasteiger partial charge on any atom is 0.240 e. The molecule has 0 unspecified atom stereocenters. The minimum absolute atomic E-state index is 0.0101. The summed E-state index contributed by atoms with van der Waals surface area (Å²) in [7, 11) is -1.31. The van der Waals surface area contributed by atoms with Crippen molar-refractivity contribution in [3.05, 3.63) is 36.0 Å². The molecule has 0 radical (unpaired) electrons. The first-order chi connectivity index (χ1) is 12.5. The van der Waals surface area contributed by atoms with Crippen molar-refractivity contribution < 1.29 is 22.4 Å². The number of hydrogen-bond donors (Lipinski definition) is 0. The van der Waals surface area contributed by atoms with Crippen molar-refractivity contribution in [2.75, 3.05) is 25.2 Å². The third-order valence-electron chi connectivity index (χ3n) is 4.41. The molecular weight excluding hydrogens is 358 g/mol. The molecule has 3 rings (SSSR count). The Morgan fingerprint density at radius 1 is 1.27 bits per heavy atom. The zero-order chi connectivity index (χ0) is 18.6. The highest BCUT2D eigenvalue weighted by Crippen LogP contribution is 2.20. The van der Waals surface area contributed by atoms with Gasteiger partial charge in [0.1, 0.15) is 11.5 Å². The van der Waals surface area contributed by atoms with Gasteiger partial charge in [-0.15, -0.1) is 0 Å². The van der Waals surface area contributed by atoms with E-state index in [1.807, 2.05) is 19.1 Å². The van der Waals surface area contributed by atoms with Crippen molar-refractivity contribution >= 4 is 9.84 Å². The molecule has 0 aliphatic carbocycles. The lowest BCUT2D eigenvalue weighted by atomic mass is 10.2.